The van der Waals surface area contributed by atoms with Crippen LogP contribution in [-0.2, 0) is 12.8 Å². The highest BCUT2D eigenvalue weighted by molar-refractivity contribution is 7.13. The zero-order chi connectivity index (χ0) is 14.8. The van der Waals surface area contributed by atoms with Gasteiger partial charge in [-0.05, 0) is 42.2 Å². The number of nitrogen functional groups attached to an aromatic ring is 1. The minimum Gasteiger partial charge on any atom is -0.383 e. The van der Waals surface area contributed by atoms with Gasteiger partial charge in [-0.1, -0.05) is 25.8 Å². The van der Waals surface area contributed by atoms with Crippen LogP contribution in [0.3, 0.4) is 0 Å². The van der Waals surface area contributed by atoms with E-state index in [2.05, 4.69) is 24.0 Å². The van der Waals surface area contributed by atoms with E-state index in [9.17, 15) is 5.26 Å². The van der Waals surface area contributed by atoms with Crippen molar-refractivity contribution in [1.82, 2.24) is 4.98 Å². The highest BCUT2D eigenvalue weighted by Gasteiger charge is 2.26. The standard InChI is InChI=1S/C17H19N3S/c1-2-4-11-6-7-14-12(9-11)16(15-5-3-8-21-15)13(10-18)17(19)20-14/h3,5,8,11H,2,4,6-7,9H2,1H3,(H2,19,20). The number of anilines is 1. The van der Waals surface area contributed by atoms with Gasteiger partial charge in [0.1, 0.15) is 17.5 Å². The molecule has 108 valence electrons. The van der Waals surface area contributed by atoms with Crippen molar-refractivity contribution in [3.8, 4) is 16.5 Å². The molecule has 1 aliphatic carbocycles. The summed E-state index contributed by atoms with van der Waals surface area (Å²) in [5.74, 6) is 1.09. The first-order chi connectivity index (χ1) is 10.2. The van der Waals surface area contributed by atoms with Crippen LogP contribution < -0.4 is 5.73 Å². The van der Waals surface area contributed by atoms with Crippen LogP contribution in [-0.4, -0.2) is 4.98 Å². The molecule has 21 heavy (non-hydrogen) atoms. The Bertz CT molecular complexity index is 683. The van der Waals surface area contributed by atoms with Gasteiger partial charge >= 0.3 is 0 Å². The van der Waals surface area contributed by atoms with Crippen LogP contribution in [0.25, 0.3) is 10.4 Å². The van der Waals surface area contributed by atoms with Crippen molar-refractivity contribution in [2.75, 3.05) is 5.73 Å². The second kappa shape index (κ2) is 5.87. The first-order valence-corrected chi connectivity index (χ1v) is 8.37. The van der Waals surface area contributed by atoms with Crippen molar-refractivity contribution in [3.63, 3.8) is 0 Å². The average molecular weight is 297 g/mol. The first kappa shape index (κ1) is 14.1. The summed E-state index contributed by atoms with van der Waals surface area (Å²) in [5.41, 5.74) is 9.97. The summed E-state index contributed by atoms with van der Waals surface area (Å²) < 4.78 is 0. The normalized spacial score (nSPS) is 17.2. The van der Waals surface area contributed by atoms with E-state index in [-0.39, 0.29) is 0 Å². The summed E-state index contributed by atoms with van der Waals surface area (Å²) in [6.07, 6.45) is 5.65. The van der Waals surface area contributed by atoms with Gasteiger partial charge in [0.15, 0.2) is 0 Å². The lowest BCUT2D eigenvalue weighted by Crippen LogP contribution is -2.18. The van der Waals surface area contributed by atoms with Crippen LogP contribution in [0.4, 0.5) is 5.82 Å². The quantitative estimate of drug-likeness (QED) is 0.924. The molecule has 1 atom stereocenters. The van der Waals surface area contributed by atoms with Crippen molar-refractivity contribution in [2.24, 2.45) is 5.92 Å². The number of nitrogens with zero attached hydrogens (tertiary/aromatic N) is 2. The van der Waals surface area contributed by atoms with E-state index in [4.69, 9.17) is 5.73 Å². The fraction of sp³-hybridized carbons (Fsp3) is 0.412. The highest BCUT2D eigenvalue weighted by atomic mass is 32.1. The summed E-state index contributed by atoms with van der Waals surface area (Å²) in [5, 5.41) is 11.6. The fourth-order valence-electron chi connectivity index (χ4n) is 3.31. The largest absolute Gasteiger partial charge is 0.383 e. The number of nitrogens with two attached hydrogens (primary N) is 1. The van der Waals surface area contributed by atoms with Crippen molar-refractivity contribution in [2.45, 2.75) is 39.0 Å². The Kier molecular flexibility index (Phi) is 3.94. The van der Waals surface area contributed by atoms with Crippen molar-refractivity contribution in [1.29, 1.82) is 5.26 Å². The molecule has 1 unspecified atom stereocenters. The van der Waals surface area contributed by atoms with Crippen LogP contribution in [0.2, 0.25) is 0 Å². The Morgan fingerprint density at radius 3 is 3.05 bits per heavy atom. The summed E-state index contributed by atoms with van der Waals surface area (Å²) in [7, 11) is 0. The Morgan fingerprint density at radius 1 is 1.52 bits per heavy atom. The summed E-state index contributed by atoms with van der Waals surface area (Å²) in [4.78, 5) is 5.64. The van der Waals surface area contributed by atoms with Gasteiger partial charge in [0.05, 0.1) is 0 Å². The van der Waals surface area contributed by atoms with Gasteiger partial charge in [0.2, 0.25) is 0 Å². The number of fused-ring (bicyclic) bond motifs is 1. The number of aryl methyl sites for hydroxylation is 1. The molecule has 4 heteroatoms. The summed E-state index contributed by atoms with van der Waals surface area (Å²) in [6, 6.07) is 6.37. The fourth-order valence-corrected chi connectivity index (χ4v) is 4.11. The third-order valence-electron chi connectivity index (χ3n) is 4.27. The number of hydrogen-bond donors (Lipinski definition) is 1. The summed E-state index contributed by atoms with van der Waals surface area (Å²) in [6.45, 7) is 2.23. The SMILES string of the molecule is CCCC1CCc2nc(N)c(C#N)c(-c3cccs3)c2C1. The number of nitriles is 1. The topological polar surface area (TPSA) is 62.7 Å². The molecule has 1 aliphatic rings. The first-order valence-electron chi connectivity index (χ1n) is 7.49. The van der Waals surface area contributed by atoms with E-state index >= 15 is 0 Å². The molecule has 2 N–H and O–H groups in total. The van der Waals surface area contributed by atoms with Gasteiger partial charge in [0.25, 0.3) is 0 Å². The predicted octanol–water partition coefficient (Wildman–Crippen LogP) is 4.17. The molecule has 2 heterocycles. The van der Waals surface area contributed by atoms with E-state index in [1.54, 1.807) is 11.3 Å². The predicted molar refractivity (Wildman–Crippen MR) is 87.1 cm³/mol. The third kappa shape index (κ3) is 2.54. The summed E-state index contributed by atoms with van der Waals surface area (Å²) >= 11 is 1.67. The second-order valence-electron chi connectivity index (χ2n) is 5.66. The average Bonchev–Trinajstić information content (AvgIpc) is 3.00. The van der Waals surface area contributed by atoms with Crippen LogP contribution in [0, 0.1) is 17.2 Å². The maximum atomic E-state index is 9.50. The lowest BCUT2D eigenvalue weighted by Gasteiger charge is -2.26. The van der Waals surface area contributed by atoms with Gasteiger partial charge in [-0.3, -0.25) is 0 Å². The number of pyridine rings is 1. The monoisotopic (exact) mass is 297 g/mol. The lowest BCUT2D eigenvalue weighted by molar-refractivity contribution is 0.419. The van der Waals surface area contributed by atoms with E-state index in [1.807, 2.05) is 11.4 Å². The smallest absolute Gasteiger partial charge is 0.142 e. The maximum Gasteiger partial charge on any atom is 0.142 e. The molecule has 0 aliphatic heterocycles. The Hall–Kier alpha value is -1.86. The molecule has 0 saturated carbocycles. The van der Waals surface area contributed by atoms with Crippen molar-refractivity contribution >= 4 is 17.2 Å². The Labute approximate surface area is 129 Å². The zero-order valence-corrected chi connectivity index (χ0v) is 13.0. The van der Waals surface area contributed by atoms with Crippen LogP contribution in [0.5, 0.6) is 0 Å². The Morgan fingerprint density at radius 2 is 2.38 bits per heavy atom. The van der Waals surface area contributed by atoms with Crippen LogP contribution in [0.1, 0.15) is 43.0 Å². The molecule has 0 amide bonds. The van der Waals surface area contributed by atoms with Crippen LogP contribution in [0.15, 0.2) is 17.5 Å². The van der Waals surface area contributed by atoms with Gasteiger partial charge in [-0.15, -0.1) is 11.3 Å². The van der Waals surface area contributed by atoms with Gasteiger partial charge < -0.3 is 5.73 Å². The molecule has 0 bridgehead atoms. The van der Waals surface area contributed by atoms with E-state index in [0.717, 1.165) is 29.0 Å². The molecular formula is C17H19N3S. The molecule has 0 radical (unpaired) electrons. The maximum absolute atomic E-state index is 9.50. The number of aromatic nitrogens is 1. The zero-order valence-electron chi connectivity index (χ0n) is 12.2. The molecule has 0 spiro atoms. The highest BCUT2D eigenvalue weighted by Crippen LogP contribution is 2.39. The van der Waals surface area contributed by atoms with Gasteiger partial charge in [-0.25, -0.2) is 4.98 Å². The van der Waals surface area contributed by atoms with E-state index < -0.39 is 0 Å². The number of rotatable bonds is 3. The number of hydrogen-bond acceptors (Lipinski definition) is 4. The van der Waals surface area contributed by atoms with Gasteiger partial charge in [0, 0.05) is 16.1 Å². The molecule has 3 nitrogen and oxygen atoms in total. The van der Waals surface area contributed by atoms with E-state index in [0.29, 0.717) is 17.3 Å². The lowest BCUT2D eigenvalue weighted by atomic mass is 9.81. The minimum absolute atomic E-state index is 0.383. The molecule has 0 saturated heterocycles. The van der Waals surface area contributed by atoms with Crippen molar-refractivity contribution in [3.05, 3.63) is 34.3 Å². The molecule has 0 aromatic carbocycles. The Balaban J connectivity index is 2.17. The molecule has 2 aromatic heterocycles. The molecule has 0 fully saturated rings. The van der Waals surface area contributed by atoms with Crippen LogP contribution >= 0.6 is 11.3 Å². The molecule has 2 aromatic rings. The second-order valence-corrected chi connectivity index (χ2v) is 6.61. The molecule has 3 rings (SSSR count). The third-order valence-corrected chi connectivity index (χ3v) is 5.16. The molecular weight excluding hydrogens is 278 g/mol. The van der Waals surface area contributed by atoms with Gasteiger partial charge in [-0.2, -0.15) is 5.26 Å². The van der Waals surface area contributed by atoms with E-state index in [1.165, 1.54) is 24.8 Å². The number of thiophene rings is 1. The minimum atomic E-state index is 0.383. The van der Waals surface area contributed by atoms with Crippen molar-refractivity contribution < 1.29 is 0 Å².